The standard InChI is InChI=1S/C21H25N3O6/c1-21(9-4-10-30-21)19(28)22-16(18(26)27)11-13-5-7-14(8-6-13)15-12-23(2)20(29)24(3)17(15)25/h5-8,12,16H,4,9-11H2,1-3H3,(H,22,28)(H,26,27)/t16-,21?/m0/s1. The zero-order valence-corrected chi connectivity index (χ0v) is 17.2. The lowest BCUT2D eigenvalue weighted by atomic mass is 9.99. The molecule has 0 bridgehead atoms. The average molecular weight is 415 g/mol. The van der Waals surface area contributed by atoms with E-state index in [4.69, 9.17) is 4.74 Å². The number of hydrogen-bond donors (Lipinski definition) is 2. The van der Waals surface area contributed by atoms with Crippen molar-refractivity contribution in [2.75, 3.05) is 6.61 Å². The van der Waals surface area contributed by atoms with E-state index in [0.717, 1.165) is 11.0 Å². The molecule has 1 aromatic heterocycles. The van der Waals surface area contributed by atoms with Gasteiger partial charge in [-0.05, 0) is 30.9 Å². The highest BCUT2D eigenvalue weighted by Crippen LogP contribution is 2.25. The highest BCUT2D eigenvalue weighted by molar-refractivity contribution is 5.89. The van der Waals surface area contributed by atoms with E-state index in [0.29, 0.717) is 29.7 Å². The van der Waals surface area contributed by atoms with E-state index in [1.807, 2.05) is 0 Å². The van der Waals surface area contributed by atoms with Gasteiger partial charge in [-0.3, -0.25) is 14.2 Å². The Labute approximate surface area is 172 Å². The van der Waals surface area contributed by atoms with Crippen molar-refractivity contribution in [3.63, 3.8) is 0 Å². The third-order valence-corrected chi connectivity index (χ3v) is 5.45. The number of nitrogens with zero attached hydrogens (tertiary/aromatic N) is 2. The summed E-state index contributed by atoms with van der Waals surface area (Å²) in [5.74, 6) is -1.57. The molecule has 160 valence electrons. The van der Waals surface area contributed by atoms with Crippen LogP contribution in [0, 0.1) is 0 Å². The molecule has 1 fully saturated rings. The summed E-state index contributed by atoms with van der Waals surface area (Å²) < 4.78 is 7.83. The van der Waals surface area contributed by atoms with Crippen molar-refractivity contribution in [2.24, 2.45) is 14.1 Å². The summed E-state index contributed by atoms with van der Waals surface area (Å²) >= 11 is 0. The van der Waals surface area contributed by atoms with Crippen LogP contribution in [-0.2, 0) is 34.8 Å². The van der Waals surface area contributed by atoms with E-state index in [2.05, 4.69) is 5.32 Å². The lowest BCUT2D eigenvalue weighted by molar-refractivity contribution is -0.147. The molecule has 1 unspecified atom stereocenters. The number of hydrogen-bond acceptors (Lipinski definition) is 5. The summed E-state index contributed by atoms with van der Waals surface area (Å²) in [5, 5.41) is 12.1. The van der Waals surface area contributed by atoms with Gasteiger partial charge in [0.1, 0.15) is 11.6 Å². The number of nitrogens with one attached hydrogen (secondary N) is 1. The third kappa shape index (κ3) is 4.20. The fraction of sp³-hybridized carbons (Fsp3) is 0.429. The second kappa shape index (κ2) is 8.27. The van der Waals surface area contributed by atoms with Crippen molar-refractivity contribution in [2.45, 2.75) is 37.8 Å². The van der Waals surface area contributed by atoms with Crippen LogP contribution in [-0.4, -0.2) is 44.4 Å². The largest absolute Gasteiger partial charge is 0.480 e. The predicted octanol–water partition coefficient (Wildman–Crippen LogP) is 0.432. The van der Waals surface area contributed by atoms with Gasteiger partial charge in [0.05, 0.1) is 5.56 Å². The number of benzene rings is 1. The number of aliphatic carboxylic acids is 1. The molecule has 2 aromatic rings. The number of rotatable bonds is 6. The van der Waals surface area contributed by atoms with Crippen molar-refractivity contribution < 1.29 is 19.4 Å². The highest BCUT2D eigenvalue weighted by Gasteiger charge is 2.39. The molecule has 1 aliphatic heterocycles. The Bertz CT molecular complexity index is 1080. The van der Waals surface area contributed by atoms with E-state index < -0.39 is 34.8 Å². The second-order valence-electron chi connectivity index (χ2n) is 7.75. The van der Waals surface area contributed by atoms with Crippen LogP contribution in [0.2, 0.25) is 0 Å². The molecule has 0 aliphatic carbocycles. The van der Waals surface area contributed by atoms with Crippen LogP contribution in [0.4, 0.5) is 0 Å². The van der Waals surface area contributed by atoms with Gasteiger partial charge in [-0.15, -0.1) is 0 Å². The van der Waals surface area contributed by atoms with Crippen molar-refractivity contribution in [1.29, 1.82) is 0 Å². The SMILES string of the molecule is Cn1cc(-c2ccc(C[C@H](NC(=O)C3(C)CCCO3)C(=O)O)cc2)c(=O)n(C)c1=O. The molecule has 1 aliphatic rings. The number of ether oxygens (including phenoxy) is 1. The van der Waals surface area contributed by atoms with Gasteiger partial charge < -0.3 is 19.7 Å². The molecule has 30 heavy (non-hydrogen) atoms. The minimum absolute atomic E-state index is 0.0860. The second-order valence-corrected chi connectivity index (χ2v) is 7.75. The number of carbonyl (C=O) groups excluding carboxylic acids is 1. The molecular formula is C21H25N3O6. The fourth-order valence-corrected chi connectivity index (χ4v) is 3.53. The van der Waals surface area contributed by atoms with Crippen molar-refractivity contribution >= 4 is 11.9 Å². The molecule has 1 aromatic carbocycles. The van der Waals surface area contributed by atoms with Gasteiger partial charge in [0.2, 0.25) is 0 Å². The summed E-state index contributed by atoms with van der Waals surface area (Å²) in [6, 6.07) is 5.69. The Kier molecular flexibility index (Phi) is 5.93. The summed E-state index contributed by atoms with van der Waals surface area (Å²) in [6.07, 6.45) is 2.87. The molecule has 0 saturated carbocycles. The van der Waals surface area contributed by atoms with Crippen molar-refractivity contribution in [3.05, 3.63) is 56.9 Å². The van der Waals surface area contributed by atoms with Crippen LogP contribution >= 0.6 is 0 Å². The zero-order valence-electron chi connectivity index (χ0n) is 17.2. The van der Waals surface area contributed by atoms with Crippen LogP contribution in [0.25, 0.3) is 11.1 Å². The molecule has 2 N–H and O–H groups in total. The van der Waals surface area contributed by atoms with E-state index in [9.17, 15) is 24.3 Å². The molecule has 2 atom stereocenters. The lowest BCUT2D eigenvalue weighted by Crippen LogP contribution is -2.51. The summed E-state index contributed by atoms with van der Waals surface area (Å²) in [7, 11) is 2.98. The lowest BCUT2D eigenvalue weighted by Gasteiger charge is -2.24. The number of aryl methyl sites for hydroxylation is 1. The average Bonchev–Trinajstić information content (AvgIpc) is 3.17. The van der Waals surface area contributed by atoms with Crippen LogP contribution in [0.3, 0.4) is 0 Å². The minimum Gasteiger partial charge on any atom is -0.480 e. The van der Waals surface area contributed by atoms with E-state index in [1.54, 1.807) is 38.2 Å². The summed E-state index contributed by atoms with van der Waals surface area (Å²) in [4.78, 5) is 48.4. The normalized spacial score (nSPS) is 19.4. The van der Waals surface area contributed by atoms with Gasteiger partial charge in [-0.25, -0.2) is 9.59 Å². The Morgan fingerprint density at radius 3 is 2.47 bits per heavy atom. The third-order valence-electron chi connectivity index (χ3n) is 5.45. The molecule has 9 nitrogen and oxygen atoms in total. The van der Waals surface area contributed by atoms with Crippen LogP contribution < -0.4 is 16.6 Å². The Balaban J connectivity index is 1.78. The Morgan fingerprint density at radius 2 is 1.90 bits per heavy atom. The fourth-order valence-electron chi connectivity index (χ4n) is 3.53. The van der Waals surface area contributed by atoms with Gasteiger partial charge in [-0.2, -0.15) is 0 Å². The summed E-state index contributed by atoms with van der Waals surface area (Å²) in [5.41, 5.74) is -0.170. The van der Waals surface area contributed by atoms with Gasteiger partial charge in [-0.1, -0.05) is 24.3 Å². The Morgan fingerprint density at radius 1 is 1.23 bits per heavy atom. The Hall–Kier alpha value is -3.20. The first kappa shape index (κ1) is 21.5. The van der Waals surface area contributed by atoms with Gasteiger partial charge in [0.25, 0.3) is 11.5 Å². The quantitative estimate of drug-likeness (QED) is 0.706. The zero-order chi connectivity index (χ0) is 22.1. The number of aromatic nitrogens is 2. The monoisotopic (exact) mass is 415 g/mol. The first-order valence-corrected chi connectivity index (χ1v) is 9.66. The number of amides is 1. The molecule has 2 heterocycles. The van der Waals surface area contributed by atoms with Crippen LogP contribution in [0.5, 0.6) is 0 Å². The maximum Gasteiger partial charge on any atom is 0.330 e. The van der Waals surface area contributed by atoms with E-state index in [-0.39, 0.29) is 6.42 Å². The molecule has 9 heteroatoms. The van der Waals surface area contributed by atoms with Crippen LogP contribution in [0.15, 0.2) is 40.1 Å². The smallest absolute Gasteiger partial charge is 0.330 e. The maximum atomic E-state index is 12.5. The van der Waals surface area contributed by atoms with E-state index >= 15 is 0 Å². The number of carboxylic acids is 1. The molecule has 3 rings (SSSR count). The molecule has 1 amide bonds. The molecule has 1 saturated heterocycles. The van der Waals surface area contributed by atoms with Crippen LogP contribution in [0.1, 0.15) is 25.3 Å². The van der Waals surface area contributed by atoms with Gasteiger partial charge in [0.15, 0.2) is 0 Å². The maximum absolute atomic E-state index is 12.5. The van der Waals surface area contributed by atoms with Crippen molar-refractivity contribution in [3.8, 4) is 11.1 Å². The minimum atomic E-state index is -1.14. The molecular weight excluding hydrogens is 390 g/mol. The van der Waals surface area contributed by atoms with E-state index in [1.165, 1.54) is 17.8 Å². The molecule has 0 spiro atoms. The number of carboxylic acid groups (broad SMARTS) is 1. The first-order valence-electron chi connectivity index (χ1n) is 9.66. The van der Waals surface area contributed by atoms with Gasteiger partial charge >= 0.3 is 11.7 Å². The topological polar surface area (TPSA) is 120 Å². The highest BCUT2D eigenvalue weighted by atomic mass is 16.5. The predicted molar refractivity (Wildman–Crippen MR) is 109 cm³/mol. The van der Waals surface area contributed by atoms with Crippen molar-refractivity contribution in [1.82, 2.24) is 14.5 Å². The summed E-state index contributed by atoms with van der Waals surface area (Å²) in [6.45, 7) is 2.14. The number of carbonyl (C=O) groups is 2. The first-order chi connectivity index (χ1) is 14.1. The van der Waals surface area contributed by atoms with Gasteiger partial charge in [0, 0.05) is 33.3 Å². The molecule has 0 radical (unpaired) electrons.